The Hall–Kier alpha value is -7.30. The van der Waals surface area contributed by atoms with Crippen molar-refractivity contribution in [1.82, 2.24) is 9.13 Å². The third-order valence-electron chi connectivity index (χ3n) is 8.62. The highest BCUT2D eigenvalue weighted by Gasteiger charge is 2.18. The molecule has 2 aliphatic rings. The third kappa shape index (κ3) is 9.20. The van der Waals surface area contributed by atoms with Crippen molar-refractivity contribution in [2.75, 3.05) is 26.8 Å². The molecule has 0 atom stereocenters. The molecule has 304 valence electrons. The zero-order chi connectivity index (χ0) is 42.2. The summed E-state index contributed by atoms with van der Waals surface area (Å²) in [5.74, 6) is 0.332. The smallest absolute Gasteiger partial charge is 0.332 e. The molecule has 0 aliphatic carbocycles. The Morgan fingerprint density at radius 3 is 1.32 bits per heavy atom. The summed E-state index contributed by atoms with van der Waals surface area (Å²) in [5.41, 5.74) is 1.18. The van der Waals surface area contributed by atoms with E-state index >= 15 is 0 Å². The van der Waals surface area contributed by atoms with Crippen molar-refractivity contribution >= 4 is 70.5 Å². The summed E-state index contributed by atoms with van der Waals surface area (Å²) in [7, 11) is 0. The first-order valence-electron chi connectivity index (χ1n) is 18.4. The lowest BCUT2D eigenvalue weighted by Gasteiger charge is -2.02. The minimum atomic E-state index is -0.607. The van der Waals surface area contributed by atoms with Crippen LogP contribution in [0.1, 0.15) is 34.6 Å². The van der Waals surface area contributed by atoms with Crippen molar-refractivity contribution in [1.29, 1.82) is 0 Å². The number of thiazole rings is 2. The average Bonchev–Trinajstić information content (AvgIpc) is 4.05. The van der Waals surface area contributed by atoms with Crippen LogP contribution >= 0.6 is 22.7 Å². The van der Waals surface area contributed by atoms with Crippen molar-refractivity contribution < 1.29 is 47.6 Å². The van der Waals surface area contributed by atoms with Gasteiger partial charge in [-0.15, -0.1) is 22.7 Å². The van der Waals surface area contributed by atoms with Gasteiger partial charge in [0.25, 0.3) is 11.1 Å². The number of para-hydroxylation sites is 2. The average molecular weight is 847 g/mol. The molecule has 2 aromatic heterocycles. The number of hydrogen-bond acceptors (Lipinski definition) is 14. The number of ether oxygens (including phenoxy) is 6. The summed E-state index contributed by atoms with van der Waals surface area (Å²) >= 11 is 2.09. The van der Waals surface area contributed by atoms with Crippen LogP contribution in [0.4, 0.5) is 0 Å². The lowest BCUT2D eigenvalue weighted by molar-refractivity contribution is -0.136. The van der Waals surface area contributed by atoms with Crippen molar-refractivity contribution in [2.45, 2.75) is 13.8 Å². The monoisotopic (exact) mass is 846 g/mol. The second-order valence-electron chi connectivity index (χ2n) is 12.5. The number of ketones is 2. The summed E-state index contributed by atoms with van der Waals surface area (Å²) < 4.78 is 35.0. The van der Waals surface area contributed by atoms with Crippen LogP contribution in [0.25, 0.3) is 35.7 Å². The topological polar surface area (TPSA) is 168 Å². The Bertz CT molecular complexity index is 2780. The normalized spacial score (nSPS) is 13.5. The maximum Gasteiger partial charge on any atom is 0.332 e. The SMILES string of the molecule is CCOC(=O)/C=c1\s/c(=C\C(=O)c2ccc3c(c2)OCO3)n(-c2ccccc2)c1=O.CCOC(=O)/C=c1\s/c(=C\C(=O)c2ccc3c(c2)OCO3)n(-c2ccccc2)c1=O. The number of carbonyl (C=O) groups excluding carboxylic acids is 4. The van der Waals surface area contributed by atoms with E-state index in [1.54, 1.807) is 98.8 Å². The van der Waals surface area contributed by atoms with E-state index in [2.05, 4.69) is 0 Å². The first kappa shape index (κ1) is 40.9. The van der Waals surface area contributed by atoms with Gasteiger partial charge in [-0.05, 0) is 74.5 Å². The van der Waals surface area contributed by atoms with Crippen molar-refractivity contribution in [3.63, 3.8) is 0 Å². The molecule has 0 spiro atoms. The fourth-order valence-corrected chi connectivity index (χ4v) is 7.92. The Morgan fingerprint density at radius 2 is 0.933 bits per heavy atom. The molecule has 0 saturated carbocycles. The quantitative estimate of drug-likeness (QED) is 0.146. The zero-order valence-corrected chi connectivity index (χ0v) is 33.6. The van der Waals surface area contributed by atoms with Gasteiger partial charge in [-0.25, -0.2) is 9.59 Å². The molecule has 60 heavy (non-hydrogen) atoms. The van der Waals surface area contributed by atoms with E-state index in [1.807, 2.05) is 12.1 Å². The van der Waals surface area contributed by atoms with Gasteiger partial charge in [0, 0.05) is 35.4 Å². The van der Waals surface area contributed by atoms with E-state index in [-0.39, 0.29) is 47.4 Å². The molecule has 2 aliphatic heterocycles. The molecular weight excluding hydrogens is 813 g/mol. The van der Waals surface area contributed by atoms with Gasteiger partial charge in [0.2, 0.25) is 13.6 Å². The number of Topliss-reactive ketones (excluding diaryl/α,β-unsaturated/α-hetero) is 2. The van der Waals surface area contributed by atoms with Gasteiger partial charge in [-0.2, -0.15) is 0 Å². The van der Waals surface area contributed by atoms with Crippen molar-refractivity contribution in [2.24, 2.45) is 0 Å². The maximum absolute atomic E-state index is 13.0. The predicted octanol–water partition coefficient (Wildman–Crippen LogP) is 3.27. The number of aromatic nitrogens is 2. The molecule has 16 heteroatoms. The minimum absolute atomic E-state index is 0.113. The van der Waals surface area contributed by atoms with Crippen LogP contribution in [0.2, 0.25) is 0 Å². The van der Waals surface area contributed by atoms with Gasteiger partial charge in [0.15, 0.2) is 34.6 Å². The van der Waals surface area contributed by atoms with Crippen LogP contribution in [0.15, 0.2) is 107 Å². The van der Waals surface area contributed by atoms with E-state index in [1.165, 1.54) is 21.3 Å². The predicted molar refractivity (Wildman–Crippen MR) is 223 cm³/mol. The molecule has 0 amide bonds. The van der Waals surface area contributed by atoms with Gasteiger partial charge in [0.05, 0.1) is 24.6 Å². The molecule has 4 aromatic carbocycles. The van der Waals surface area contributed by atoms with E-state index in [4.69, 9.17) is 28.4 Å². The maximum atomic E-state index is 13.0. The number of rotatable bonds is 10. The van der Waals surface area contributed by atoms with Crippen molar-refractivity contribution in [3.05, 3.63) is 147 Å². The summed E-state index contributed by atoms with van der Waals surface area (Å²) in [5, 5.41) is 0. The molecule has 4 heterocycles. The molecule has 0 N–H and O–H groups in total. The number of hydrogen-bond donors (Lipinski definition) is 0. The Labute approximate surface area is 348 Å². The summed E-state index contributed by atoms with van der Waals surface area (Å²) in [6.45, 7) is 4.01. The fraction of sp³-hybridized carbons (Fsp3) is 0.136. The highest BCUT2D eigenvalue weighted by atomic mass is 32.1. The molecular formula is C44H34N2O12S2. The molecule has 0 saturated heterocycles. The minimum Gasteiger partial charge on any atom is -0.463 e. The number of fused-ring (bicyclic) bond motifs is 2. The van der Waals surface area contributed by atoms with Gasteiger partial charge in [-0.1, -0.05) is 36.4 Å². The van der Waals surface area contributed by atoms with Gasteiger partial charge >= 0.3 is 11.9 Å². The third-order valence-corrected chi connectivity index (χ3v) is 10.7. The highest BCUT2D eigenvalue weighted by molar-refractivity contribution is 7.08. The molecule has 8 rings (SSSR count). The Morgan fingerprint density at radius 1 is 0.550 bits per heavy atom. The summed E-state index contributed by atoms with van der Waals surface area (Å²) in [6.07, 6.45) is 5.05. The van der Waals surface area contributed by atoms with Crippen LogP contribution in [0, 0.1) is 0 Å². The second-order valence-corrected chi connectivity index (χ2v) is 14.6. The van der Waals surface area contributed by atoms with E-state index in [0.29, 0.717) is 54.8 Å². The van der Waals surface area contributed by atoms with Crippen LogP contribution in [-0.2, 0) is 19.1 Å². The van der Waals surface area contributed by atoms with E-state index in [9.17, 15) is 28.8 Å². The molecule has 0 fully saturated rings. The van der Waals surface area contributed by atoms with Crippen LogP contribution in [0.3, 0.4) is 0 Å². The fourth-order valence-electron chi connectivity index (χ4n) is 5.91. The largest absolute Gasteiger partial charge is 0.463 e. The van der Waals surface area contributed by atoms with Crippen LogP contribution < -0.4 is 48.5 Å². The number of nitrogens with zero attached hydrogens (tertiary/aromatic N) is 2. The van der Waals surface area contributed by atoms with Crippen molar-refractivity contribution in [3.8, 4) is 34.4 Å². The molecule has 0 radical (unpaired) electrons. The lowest BCUT2D eigenvalue weighted by atomic mass is 10.1. The first-order chi connectivity index (χ1) is 29.1. The lowest BCUT2D eigenvalue weighted by Crippen LogP contribution is -2.31. The van der Waals surface area contributed by atoms with Gasteiger partial charge < -0.3 is 28.4 Å². The van der Waals surface area contributed by atoms with Crippen LogP contribution in [-0.4, -0.2) is 59.4 Å². The Balaban J connectivity index is 0.000000181. The molecule has 0 bridgehead atoms. The van der Waals surface area contributed by atoms with E-state index < -0.39 is 23.1 Å². The number of benzene rings is 4. The molecule has 14 nitrogen and oxygen atoms in total. The summed E-state index contributed by atoms with van der Waals surface area (Å²) in [6, 6.07) is 27.6. The van der Waals surface area contributed by atoms with Gasteiger partial charge in [-0.3, -0.25) is 28.3 Å². The Kier molecular flexibility index (Phi) is 12.6. The summed E-state index contributed by atoms with van der Waals surface area (Å²) in [4.78, 5) is 75.4. The number of esters is 2. The zero-order valence-electron chi connectivity index (χ0n) is 32.0. The molecule has 6 aromatic rings. The number of carbonyl (C=O) groups is 4. The van der Waals surface area contributed by atoms with E-state index in [0.717, 1.165) is 34.8 Å². The second kappa shape index (κ2) is 18.5. The molecule has 0 unspecified atom stereocenters. The van der Waals surface area contributed by atoms with Gasteiger partial charge in [0.1, 0.15) is 18.4 Å². The standard InChI is InChI=1S/2C22H17NO6S/c2*1-2-27-21(25)12-19-22(26)23(15-6-4-3-5-7-15)20(30-19)11-16(24)14-8-9-17-18(10-14)29-13-28-17/h2*3-12H,2,13H2,1H3/b2*19-12-,20-11-. The van der Waals surface area contributed by atoms with Crippen LogP contribution in [0.5, 0.6) is 23.0 Å². The highest BCUT2D eigenvalue weighted by Crippen LogP contribution is 2.33. The first-order valence-corrected chi connectivity index (χ1v) is 20.0.